The maximum Gasteiger partial charge on any atom is 0.416 e. The number of halogens is 5. The van der Waals surface area contributed by atoms with Gasteiger partial charge in [-0.2, -0.15) is 13.2 Å². The van der Waals surface area contributed by atoms with Crippen LogP contribution in [-0.4, -0.2) is 58.3 Å². The number of aliphatic hydroxyl groups excluding tert-OH is 1. The van der Waals surface area contributed by atoms with Crippen molar-refractivity contribution in [2.75, 3.05) is 32.7 Å². The van der Waals surface area contributed by atoms with Crippen molar-refractivity contribution in [3.8, 4) is 0 Å². The lowest BCUT2D eigenvalue weighted by Crippen LogP contribution is -2.48. The summed E-state index contributed by atoms with van der Waals surface area (Å²) < 4.78 is 42.6. The van der Waals surface area contributed by atoms with Gasteiger partial charge in [0, 0.05) is 70.0 Å². The second-order valence-corrected chi connectivity index (χ2v) is 11.2. The van der Waals surface area contributed by atoms with Gasteiger partial charge in [-0.3, -0.25) is 9.80 Å². The molecule has 2 heterocycles. The molecule has 36 heavy (non-hydrogen) atoms. The van der Waals surface area contributed by atoms with Crippen LogP contribution in [0.2, 0.25) is 0 Å². The molecule has 1 aliphatic rings. The van der Waals surface area contributed by atoms with E-state index in [2.05, 4.69) is 70.5 Å². The van der Waals surface area contributed by atoms with Crippen molar-refractivity contribution >= 4 is 53.7 Å². The minimum Gasteiger partial charge on any atom is -0.390 e. The maximum absolute atomic E-state index is 12.8. The number of piperazine rings is 1. The average Bonchev–Trinajstić information content (AvgIpc) is 3.12. The smallest absolute Gasteiger partial charge is 0.390 e. The highest BCUT2D eigenvalue weighted by Crippen LogP contribution is 2.33. The standard InChI is InChI=1S/C27H26Br2F3N3O/c28-20-5-7-25-23(13-20)24-14-21(29)6-8-26(24)35(25)17-22(36)16-34-11-9-33(10-12-34)15-18-1-3-19(4-2-18)27(30,31)32/h1-8,13-14,22,36H,9-12,15-17H2. The molecule has 1 aliphatic heterocycles. The quantitative estimate of drug-likeness (QED) is 0.265. The molecule has 1 N–H and O–H groups in total. The first-order chi connectivity index (χ1) is 17.2. The molecule has 9 heteroatoms. The van der Waals surface area contributed by atoms with Gasteiger partial charge in [-0.15, -0.1) is 0 Å². The van der Waals surface area contributed by atoms with Crippen LogP contribution in [0.4, 0.5) is 13.2 Å². The predicted octanol–water partition coefficient (Wildman–Crippen LogP) is 6.52. The Balaban J connectivity index is 1.20. The molecular weight excluding hydrogens is 599 g/mol. The summed E-state index contributed by atoms with van der Waals surface area (Å²) in [4.78, 5) is 4.50. The summed E-state index contributed by atoms with van der Waals surface area (Å²) in [6.07, 6.45) is -4.84. The van der Waals surface area contributed by atoms with Crippen molar-refractivity contribution in [1.29, 1.82) is 0 Å². The van der Waals surface area contributed by atoms with Crippen molar-refractivity contribution in [2.45, 2.75) is 25.4 Å². The van der Waals surface area contributed by atoms with Crippen LogP contribution in [-0.2, 0) is 19.3 Å². The third-order valence-corrected chi connectivity index (χ3v) is 7.79. The maximum atomic E-state index is 12.8. The minimum atomic E-state index is -4.31. The zero-order valence-corrected chi connectivity index (χ0v) is 22.7. The molecule has 4 aromatic rings. The number of aliphatic hydroxyl groups is 1. The van der Waals surface area contributed by atoms with Gasteiger partial charge in [-0.25, -0.2) is 0 Å². The largest absolute Gasteiger partial charge is 0.416 e. The first-order valence-electron chi connectivity index (χ1n) is 11.8. The van der Waals surface area contributed by atoms with Crippen LogP contribution in [0.3, 0.4) is 0 Å². The topological polar surface area (TPSA) is 31.6 Å². The van der Waals surface area contributed by atoms with Gasteiger partial charge in [-0.05, 0) is 54.1 Å². The molecule has 0 amide bonds. The molecule has 0 spiro atoms. The summed E-state index contributed by atoms with van der Waals surface area (Å²) in [7, 11) is 0. The fourth-order valence-electron chi connectivity index (χ4n) is 5.00. The number of β-amino-alcohol motifs (C(OH)–C–C–N with tert-alkyl or cyclic N) is 1. The van der Waals surface area contributed by atoms with E-state index >= 15 is 0 Å². The number of benzene rings is 3. The van der Waals surface area contributed by atoms with Gasteiger partial charge in [0.1, 0.15) is 0 Å². The van der Waals surface area contributed by atoms with Crippen LogP contribution in [0.25, 0.3) is 21.8 Å². The lowest BCUT2D eigenvalue weighted by atomic mass is 10.1. The summed E-state index contributed by atoms with van der Waals surface area (Å²) in [5, 5.41) is 13.3. The highest BCUT2D eigenvalue weighted by molar-refractivity contribution is 9.10. The van der Waals surface area contributed by atoms with E-state index < -0.39 is 17.8 Å². The molecule has 1 fully saturated rings. The summed E-state index contributed by atoms with van der Waals surface area (Å²) in [5.74, 6) is 0. The van der Waals surface area contributed by atoms with Crippen molar-refractivity contribution in [3.05, 3.63) is 80.7 Å². The van der Waals surface area contributed by atoms with Gasteiger partial charge in [0.15, 0.2) is 0 Å². The Morgan fingerprint density at radius 2 is 1.28 bits per heavy atom. The number of nitrogens with zero attached hydrogens (tertiary/aromatic N) is 3. The molecule has 0 saturated carbocycles. The average molecular weight is 625 g/mol. The number of aromatic nitrogens is 1. The summed E-state index contributed by atoms with van der Waals surface area (Å²) in [6.45, 7) is 4.93. The summed E-state index contributed by atoms with van der Waals surface area (Å²) >= 11 is 7.15. The van der Waals surface area contributed by atoms with E-state index in [-0.39, 0.29) is 0 Å². The van der Waals surface area contributed by atoms with E-state index in [0.29, 0.717) is 19.6 Å². The molecule has 190 valence electrons. The minimum absolute atomic E-state index is 0.495. The Hall–Kier alpha value is -1.91. The van der Waals surface area contributed by atoms with E-state index in [1.165, 1.54) is 0 Å². The van der Waals surface area contributed by atoms with Gasteiger partial charge in [0.25, 0.3) is 0 Å². The summed E-state index contributed by atoms with van der Waals surface area (Å²) in [6, 6.07) is 17.8. The van der Waals surface area contributed by atoms with Crippen LogP contribution in [0, 0.1) is 0 Å². The molecule has 1 saturated heterocycles. The van der Waals surface area contributed by atoms with Crippen molar-refractivity contribution in [3.63, 3.8) is 0 Å². The van der Waals surface area contributed by atoms with Crippen LogP contribution >= 0.6 is 31.9 Å². The molecule has 4 nitrogen and oxygen atoms in total. The van der Waals surface area contributed by atoms with Gasteiger partial charge in [0.2, 0.25) is 0 Å². The van der Waals surface area contributed by atoms with Crippen molar-refractivity contribution < 1.29 is 18.3 Å². The number of fused-ring (bicyclic) bond motifs is 3. The molecule has 0 bridgehead atoms. The normalized spacial score (nSPS) is 16.7. The molecule has 0 aliphatic carbocycles. The molecule has 3 aromatic carbocycles. The predicted molar refractivity (Wildman–Crippen MR) is 144 cm³/mol. The Labute approximate surface area is 224 Å². The Morgan fingerprint density at radius 1 is 0.750 bits per heavy atom. The van der Waals surface area contributed by atoms with Gasteiger partial charge >= 0.3 is 6.18 Å². The zero-order chi connectivity index (χ0) is 25.4. The van der Waals surface area contributed by atoms with Gasteiger partial charge in [0.05, 0.1) is 18.2 Å². The van der Waals surface area contributed by atoms with Crippen LogP contribution in [0.1, 0.15) is 11.1 Å². The second kappa shape index (κ2) is 10.5. The fraction of sp³-hybridized carbons (Fsp3) is 0.333. The summed E-state index contributed by atoms with van der Waals surface area (Å²) in [5.41, 5.74) is 2.44. The first-order valence-corrected chi connectivity index (χ1v) is 13.4. The first kappa shape index (κ1) is 25.7. The van der Waals surface area contributed by atoms with E-state index in [4.69, 9.17) is 0 Å². The number of alkyl halides is 3. The van der Waals surface area contributed by atoms with Crippen molar-refractivity contribution in [1.82, 2.24) is 14.4 Å². The fourth-order valence-corrected chi connectivity index (χ4v) is 5.72. The van der Waals surface area contributed by atoms with Crippen molar-refractivity contribution in [2.24, 2.45) is 0 Å². The highest BCUT2D eigenvalue weighted by Gasteiger charge is 2.30. The van der Waals surface area contributed by atoms with E-state index in [9.17, 15) is 18.3 Å². The molecule has 0 radical (unpaired) electrons. The Bertz CT molecular complexity index is 1300. The number of hydrogen-bond donors (Lipinski definition) is 1. The van der Waals surface area contributed by atoms with Crippen LogP contribution < -0.4 is 0 Å². The van der Waals surface area contributed by atoms with E-state index in [1.54, 1.807) is 12.1 Å². The lowest BCUT2D eigenvalue weighted by Gasteiger charge is -2.35. The Kier molecular flexibility index (Phi) is 7.47. The second-order valence-electron chi connectivity index (χ2n) is 9.36. The third kappa shape index (κ3) is 5.65. The molecule has 1 aromatic heterocycles. The zero-order valence-electron chi connectivity index (χ0n) is 19.5. The molecule has 1 unspecified atom stereocenters. The molecular formula is C27H26Br2F3N3O. The van der Waals surface area contributed by atoms with Crippen LogP contribution in [0.5, 0.6) is 0 Å². The molecule has 5 rings (SSSR count). The van der Waals surface area contributed by atoms with E-state index in [1.807, 2.05) is 12.1 Å². The molecule has 1 atom stereocenters. The van der Waals surface area contributed by atoms with E-state index in [0.717, 1.165) is 74.6 Å². The monoisotopic (exact) mass is 623 g/mol. The number of hydrogen-bond acceptors (Lipinski definition) is 3. The third-order valence-electron chi connectivity index (χ3n) is 6.80. The number of rotatable bonds is 6. The highest BCUT2D eigenvalue weighted by atomic mass is 79.9. The lowest BCUT2D eigenvalue weighted by molar-refractivity contribution is -0.137. The van der Waals surface area contributed by atoms with Gasteiger partial charge < -0.3 is 9.67 Å². The SMILES string of the molecule is OC(CN1CCN(Cc2ccc(C(F)(F)F)cc2)CC1)Cn1c2ccc(Br)cc2c2cc(Br)ccc21. The Morgan fingerprint density at radius 3 is 1.81 bits per heavy atom. The van der Waals surface area contributed by atoms with Gasteiger partial charge in [-0.1, -0.05) is 44.0 Å². The van der Waals surface area contributed by atoms with Crippen LogP contribution in [0.15, 0.2) is 69.6 Å².